The zero-order chi connectivity index (χ0) is 11.3. The Labute approximate surface area is 89.9 Å². The highest BCUT2D eigenvalue weighted by atomic mass is 16.2. The number of carbonyl (C=O) groups is 1. The molecule has 4 nitrogen and oxygen atoms in total. The van der Waals surface area contributed by atoms with E-state index in [0.29, 0.717) is 23.8 Å². The van der Waals surface area contributed by atoms with Crippen molar-refractivity contribution in [3.63, 3.8) is 0 Å². The summed E-state index contributed by atoms with van der Waals surface area (Å²) >= 11 is 0. The lowest BCUT2D eigenvalue weighted by Gasteiger charge is -2.09. The average Bonchev–Trinajstić information content (AvgIpc) is 2.15. The summed E-state index contributed by atoms with van der Waals surface area (Å²) in [7, 11) is 0. The van der Waals surface area contributed by atoms with E-state index >= 15 is 0 Å². The Morgan fingerprint density at radius 3 is 2.80 bits per heavy atom. The van der Waals surface area contributed by atoms with Gasteiger partial charge >= 0.3 is 6.03 Å². The predicted octanol–water partition coefficient (Wildman–Crippen LogP) is 2.05. The molecule has 0 spiro atoms. The van der Waals surface area contributed by atoms with Crippen LogP contribution in [0.15, 0.2) is 24.3 Å². The van der Waals surface area contributed by atoms with E-state index in [1.54, 1.807) is 24.3 Å². The molecule has 0 fully saturated rings. The number of urea groups is 1. The van der Waals surface area contributed by atoms with E-state index in [2.05, 4.69) is 10.6 Å². The van der Waals surface area contributed by atoms with Gasteiger partial charge in [0.25, 0.3) is 0 Å². The maximum absolute atomic E-state index is 11.4. The summed E-state index contributed by atoms with van der Waals surface area (Å²) in [5.74, 6) is 0.441. The van der Waals surface area contributed by atoms with Crippen LogP contribution < -0.4 is 16.4 Å². The molecule has 2 amide bonds. The van der Waals surface area contributed by atoms with Gasteiger partial charge in [-0.25, -0.2) is 4.79 Å². The molecule has 4 heteroatoms. The van der Waals surface area contributed by atoms with Gasteiger partial charge in [-0.2, -0.15) is 0 Å². The molecule has 0 saturated heterocycles. The summed E-state index contributed by atoms with van der Waals surface area (Å²) < 4.78 is 0. The average molecular weight is 207 g/mol. The summed E-state index contributed by atoms with van der Waals surface area (Å²) in [6.45, 7) is 4.75. The summed E-state index contributed by atoms with van der Waals surface area (Å²) in [4.78, 5) is 11.4. The molecule has 1 aromatic carbocycles. The number of nitrogens with two attached hydrogens (primary N) is 1. The molecule has 0 aromatic heterocycles. The minimum atomic E-state index is -0.200. The minimum absolute atomic E-state index is 0.200. The Morgan fingerprint density at radius 2 is 2.20 bits per heavy atom. The lowest BCUT2D eigenvalue weighted by molar-refractivity contribution is 0.251. The van der Waals surface area contributed by atoms with E-state index in [-0.39, 0.29) is 6.03 Å². The Morgan fingerprint density at radius 1 is 1.47 bits per heavy atom. The van der Waals surface area contributed by atoms with Crippen molar-refractivity contribution in [3.05, 3.63) is 24.3 Å². The monoisotopic (exact) mass is 207 g/mol. The van der Waals surface area contributed by atoms with Gasteiger partial charge in [-0.3, -0.25) is 0 Å². The molecule has 0 aliphatic rings. The van der Waals surface area contributed by atoms with Crippen LogP contribution in [-0.4, -0.2) is 12.6 Å². The number of rotatable bonds is 3. The molecule has 1 aromatic rings. The molecule has 4 N–H and O–H groups in total. The molecule has 0 radical (unpaired) electrons. The third-order valence-electron chi connectivity index (χ3n) is 1.82. The van der Waals surface area contributed by atoms with E-state index in [0.717, 1.165) is 0 Å². The van der Waals surface area contributed by atoms with Crippen LogP contribution in [0.3, 0.4) is 0 Å². The second-order valence-electron chi connectivity index (χ2n) is 3.85. The highest BCUT2D eigenvalue weighted by Gasteiger charge is 2.01. The van der Waals surface area contributed by atoms with Crippen LogP contribution in [0.1, 0.15) is 13.8 Å². The fraction of sp³-hybridized carbons (Fsp3) is 0.364. The number of amides is 2. The third-order valence-corrected chi connectivity index (χ3v) is 1.82. The molecule has 15 heavy (non-hydrogen) atoms. The Balaban J connectivity index is 2.44. The second kappa shape index (κ2) is 5.24. The lowest BCUT2D eigenvalue weighted by atomic mass is 10.2. The van der Waals surface area contributed by atoms with Crippen molar-refractivity contribution in [1.82, 2.24) is 5.32 Å². The van der Waals surface area contributed by atoms with Gasteiger partial charge in [-0.05, 0) is 24.1 Å². The maximum atomic E-state index is 11.4. The Bertz CT molecular complexity index is 336. The van der Waals surface area contributed by atoms with Crippen LogP contribution in [0, 0.1) is 5.92 Å². The van der Waals surface area contributed by atoms with Gasteiger partial charge in [-0.15, -0.1) is 0 Å². The van der Waals surface area contributed by atoms with Gasteiger partial charge in [0.2, 0.25) is 0 Å². The number of carbonyl (C=O) groups excluding carboxylic acids is 1. The van der Waals surface area contributed by atoms with Gasteiger partial charge in [0.05, 0.1) is 0 Å². The summed E-state index contributed by atoms with van der Waals surface area (Å²) in [6.07, 6.45) is 0. The fourth-order valence-corrected chi connectivity index (χ4v) is 1.09. The van der Waals surface area contributed by atoms with Crippen LogP contribution in [0.2, 0.25) is 0 Å². The largest absolute Gasteiger partial charge is 0.399 e. The van der Waals surface area contributed by atoms with Gasteiger partial charge in [0, 0.05) is 17.9 Å². The molecule has 0 saturated carbocycles. The van der Waals surface area contributed by atoms with Crippen LogP contribution in [0.5, 0.6) is 0 Å². The molecule has 82 valence electrons. The van der Waals surface area contributed by atoms with E-state index < -0.39 is 0 Å². The van der Waals surface area contributed by atoms with E-state index in [1.807, 2.05) is 13.8 Å². The van der Waals surface area contributed by atoms with E-state index in [9.17, 15) is 4.79 Å². The van der Waals surface area contributed by atoms with Crippen molar-refractivity contribution in [2.75, 3.05) is 17.6 Å². The molecule has 0 aliphatic carbocycles. The number of hydrogen-bond acceptors (Lipinski definition) is 2. The van der Waals surface area contributed by atoms with Crippen molar-refractivity contribution in [2.45, 2.75) is 13.8 Å². The first-order chi connectivity index (χ1) is 7.08. The molecular formula is C11H17N3O. The van der Waals surface area contributed by atoms with E-state index in [1.165, 1.54) is 0 Å². The SMILES string of the molecule is CC(C)CNC(=O)Nc1cccc(N)c1. The Kier molecular flexibility index (Phi) is 3.97. The summed E-state index contributed by atoms with van der Waals surface area (Å²) in [5, 5.41) is 5.47. The Hall–Kier alpha value is -1.71. The van der Waals surface area contributed by atoms with Crippen molar-refractivity contribution < 1.29 is 4.79 Å². The first-order valence-electron chi connectivity index (χ1n) is 4.98. The smallest absolute Gasteiger partial charge is 0.319 e. The van der Waals surface area contributed by atoms with Crippen molar-refractivity contribution in [2.24, 2.45) is 5.92 Å². The fourth-order valence-electron chi connectivity index (χ4n) is 1.09. The molecular weight excluding hydrogens is 190 g/mol. The lowest BCUT2D eigenvalue weighted by Crippen LogP contribution is -2.31. The van der Waals surface area contributed by atoms with Crippen molar-refractivity contribution >= 4 is 17.4 Å². The first kappa shape index (κ1) is 11.4. The minimum Gasteiger partial charge on any atom is -0.399 e. The van der Waals surface area contributed by atoms with Crippen molar-refractivity contribution in [3.8, 4) is 0 Å². The van der Waals surface area contributed by atoms with Crippen LogP contribution >= 0.6 is 0 Å². The standard InChI is InChI=1S/C11H17N3O/c1-8(2)7-13-11(15)14-10-5-3-4-9(12)6-10/h3-6,8H,7,12H2,1-2H3,(H2,13,14,15). The van der Waals surface area contributed by atoms with Gasteiger partial charge < -0.3 is 16.4 Å². The maximum Gasteiger partial charge on any atom is 0.319 e. The predicted molar refractivity (Wildman–Crippen MR) is 62.7 cm³/mol. The second-order valence-corrected chi connectivity index (χ2v) is 3.85. The number of nitrogens with one attached hydrogen (secondary N) is 2. The quantitative estimate of drug-likeness (QED) is 0.664. The number of nitrogen functional groups attached to an aromatic ring is 1. The molecule has 1 rings (SSSR count). The summed E-state index contributed by atoms with van der Waals surface area (Å²) in [5.41, 5.74) is 6.93. The van der Waals surface area contributed by atoms with Gasteiger partial charge in [-0.1, -0.05) is 19.9 Å². The molecule has 0 unspecified atom stereocenters. The highest BCUT2D eigenvalue weighted by molar-refractivity contribution is 5.89. The van der Waals surface area contributed by atoms with Crippen LogP contribution in [0.25, 0.3) is 0 Å². The van der Waals surface area contributed by atoms with Gasteiger partial charge in [0.15, 0.2) is 0 Å². The summed E-state index contributed by atoms with van der Waals surface area (Å²) in [6, 6.07) is 6.89. The van der Waals surface area contributed by atoms with Crippen molar-refractivity contribution in [1.29, 1.82) is 0 Å². The number of benzene rings is 1. The molecule has 0 atom stereocenters. The number of hydrogen-bond donors (Lipinski definition) is 3. The normalized spacial score (nSPS) is 10.1. The molecule has 0 aliphatic heterocycles. The molecule has 0 bridgehead atoms. The zero-order valence-corrected chi connectivity index (χ0v) is 9.08. The van der Waals surface area contributed by atoms with Crippen LogP contribution in [-0.2, 0) is 0 Å². The topological polar surface area (TPSA) is 67.2 Å². The first-order valence-corrected chi connectivity index (χ1v) is 4.98. The highest BCUT2D eigenvalue weighted by Crippen LogP contribution is 2.11. The molecule has 0 heterocycles. The third kappa shape index (κ3) is 4.35. The zero-order valence-electron chi connectivity index (χ0n) is 9.08. The van der Waals surface area contributed by atoms with Gasteiger partial charge in [0.1, 0.15) is 0 Å². The van der Waals surface area contributed by atoms with E-state index in [4.69, 9.17) is 5.73 Å². The van der Waals surface area contributed by atoms with Crippen LogP contribution in [0.4, 0.5) is 16.2 Å². The number of anilines is 2.